The molecule has 0 fully saturated rings. The molecule has 4 aromatic rings. The Hall–Kier alpha value is -3.68. The lowest BCUT2D eigenvalue weighted by atomic mass is 10.0. The Morgan fingerprint density at radius 3 is 3.00 bits per heavy atom. The highest BCUT2D eigenvalue weighted by Crippen LogP contribution is 2.37. The molecule has 2 aromatic heterocycles. The molecule has 0 aliphatic heterocycles. The van der Waals surface area contributed by atoms with Gasteiger partial charge in [0.15, 0.2) is 0 Å². The number of hydroxylamine groups is 1. The summed E-state index contributed by atoms with van der Waals surface area (Å²) in [4.78, 5) is 25.1. The summed E-state index contributed by atoms with van der Waals surface area (Å²) in [5.41, 5.74) is 8.88. The molecule has 34 heavy (non-hydrogen) atoms. The molecule has 0 spiro atoms. The van der Waals surface area contributed by atoms with Crippen LogP contribution in [0.5, 0.6) is 0 Å². The fourth-order valence-electron chi connectivity index (χ4n) is 5.03. The second-order valence-corrected chi connectivity index (χ2v) is 8.90. The van der Waals surface area contributed by atoms with Crippen LogP contribution in [0.1, 0.15) is 46.2 Å². The molecule has 2 aromatic carbocycles. The van der Waals surface area contributed by atoms with E-state index in [2.05, 4.69) is 62.4 Å². The first-order chi connectivity index (χ1) is 16.6. The van der Waals surface area contributed by atoms with Crippen LogP contribution in [-0.4, -0.2) is 37.5 Å². The maximum atomic E-state index is 11.3. The number of nitrogens with zero attached hydrogens (tertiary/aromatic N) is 2. The third kappa shape index (κ3) is 4.66. The van der Waals surface area contributed by atoms with E-state index in [-0.39, 0.29) is 0 Å². The summed E-state index contributed by atoms with van der Waals surface area (Å²) < 4.78 is 0. The van der Waals surface area contributed by atoms with Gasteiger partial charge in [-0.25, -0.2) is 10.5 Å². The van der Waals surface area contributed by atoms with Gasteiger partial charge in [-0.2, -0.15) is 0 Å². The lowest BCUT2D eigenvalue weighted by Gasteiger charge is -2.29. The number of hydrogen-bond acceptors (Lipinski definition) is 4. The Balaban J connectivity index is 1.38. The second kappa shape index (κ2) is 9.67. The smallest absolute Gasteiger partial charge is 0.267 e. The maximum Gasteiger partial charge on any atom is 0.267 e. The third-order valence-corrected chi connectivity index (χ3v) is 6.66. The van der Waals surface area contributed by atoms with E-state index in [1.54, 1.807) is 11.6 Å². The summed E-state index contributed by atoms with van der Waals surface area (Å²) in [5, 5.41) is 9.99. The van der Waals surface area contributed by atoms with Gasteiger partial charge in [-0.15, -0.1) is 0 Å². The highest BCUT2D eigenvalue weighted by Gasteiger charge is 2.28. The van der Waals surface area contributed by atoms with Gasteiger partial charge in [0.1, 0.15) is 5.82 Å². The standard InChI is InChI=1S/C27H29N5O2/c1-18-28-16-22(30-18)17-32(13-12-21-15-29-25-5-3-2-4-23(21)25)26-10-8-20-14-19(6-9-24(20)26)7-11-27(33)31-34/h2-7,9,11,14-16,26,29,34H,8,10,12-13,17H2,1H3,(H,28,30)(H,31,33). The molecule has 1 amide bonds. The molecular formula is C27H29N5O2. The zero-order valence-electron chi connectivity index (χ0n) is 19.2. The van der Waals surface area contributed by atoms with Crippen molar-refractivity contribution in [3.63, 3.8) is 0 Å². The van der Waals surface area contributed by atoms with Crippen molar-refractivity contribution < 1.29 is 10.0 Å². The topological polar surface area (TPSA) is 97.0 Å². The summed E-state index contributed by atoms with van der Waals surface area (Å²) in [6, 6.07) is 15.1. The summed E-state index contributed by atoms with van der Waals surface area (Å²) in [7, 11) is 0. The summed E-state index contributed by atoms with van der Waals surface area (Å²) in [6.07, 6.45) is 10.1. The van der Waals surface area contributed by atoms with Crippen molar-refractivity contribution in [3.8, 4) is 0 Å². The minimum atomic E-state index is -0.531. The summed E-state index contributed by atoms with van der Waals surface area (Å²) >= 11 is 0. The van der Waals surface area contributed by atoms with E-state index in [1.807, 2.05) is 19.2 Å². The van der Waals surface area contributed by atoms with Gasteiger partial charge in [0, 0.05) is 54.2 Å². The molecule has 1 aliphatic rings. The number of aromatic amines is 2. The number of H-pyrrole nitrogens is 2. The van der Waals surface area contributed by atoms with Crippen LogP contribution in [-0.2, 0) is 24.2 Å². The predicted octanol–water partition coefficient (Wildman–Crippen LogP) is 4.45. The summed E-state index contributed by atoms with van der Waals surface area (Å²) in [5.74, 6) is 0.401. The largest absolute Gasteiger partial charge is 0.361 e. The van der Waals surface area contributed by atoms with E-state index < -0.39 is 5.91 Å². The fraction of sp³-hybridized carbons (Fsp3) is 0.259. The van der Waals surface area contributed by atoms with Crippen molar-refractivity contribution >= 4 is 22.9 Å². The van der Waals surface area contributed by atoms with Gasteiger partial charge in [0.2, 0.25) is 0 Å². The molecule has 7 heteroatoms. The zero-order valence-corrected chi connectivity index (χ0v) is 19.2. The molecule has 1 atom stereocenters. The lowest BCUT2D eigenvalue weighted by molar-refractivity contribution is -0.124. The normalized spacial score (nSPS) is 15.4. The van der Waals surface area contributed by atoms with Crippen molar-refractivity contribution in [2.24, 2.45) is 0 Å². The SMILES string of the molecule is Cc1ncc(CN(CCc2c[nH]c3ccccc23)C2CCc3cc(C=CC(=O)NO)ccc32)[nH]1. The number of rotatable bonds is 8. The quantitative estimate of drug-likeness (QED) is 0.179. The minimum Gasteiger partial charge on any atom is -0.361 e. The number of carbonyl (C=O) groups excluding carboxylic acids is 1. The van der Waals surface area contributed by atoms with Gasteiger partial charge in [-0.05, 0) is 60.6 Å². The lowest BCUT2D eigenvalue weighted by Crippen LogP contribution is -2.29. The molecule has 0 saturated carbocycles. The Morgan fingerprint density at radius 1 is 1.29 bits per heavy atom. The van der Waals surface area contributed by atoms with E-state index in [9.17, 15) is 4.79 Å². The number of benzene rings is 2. The van der Waals surface area contributed by atoms with Crippen molar-refractivity contribution in [1.29, 1.82) is 0 Å². The average Bonchev–Trinajstić information content (AvgIpc) is 3.58. The molecule has 7 nitrogen and oxygen atoms in total. The maximum absolute atomic E-state index is 11.3. The molecule has 5 rings (SSSR count). The van der Waals surface area contributed by atoms with E-state index >= 15 is 0 Å². The molecule has 174 valence electrons. The molecule has 2 heterocycles. The van der Waals surface area contributed by atoms with E-state index in [4.69, 9.17) is 5.21 Å². The van der Waals surface area contributed by atoms with Crippen molar-refractivity contribution in [2.45, 2.75) is 38.8 Å². The van der Waals surface area contributed by atoms with Crippen LogP contribution in [0.3, 0.4) is 0 Å². The van der Waals surface area contributed by atoms with Gasteiger partial charge in [-0.3, -0.25) is 14.9 Å². The fourth-order valence-corrected chi connectivity index (χ4v) is 5.03. The number of hydrogen-bond donors (Lipinski definition) is 4. The Labute approximate surface area is 198 Å². The van der Waals surface area contributed by atoms with Crippen LogP contribution in [0.15, 0.2) is 60.9 Å². The monoisotopic (exact) mass is 455 g/mol. The zero-order chi connectivity index (χ0) is 23.5. The van der Waals surface area contributed by atoms with Crippen molar-refractivity contribution in [2.75, 3.05) is 6.54 Å². The number of aryl methyl sites for hydroxylation is 2. The van der Waals surface area contributed by atoms with Crippen LogP contribution < -0.4 is 5.48 Å². The van der Waals surface area contributed by atoms with Gasteiger partial charge >= 0.3 is 0 Å². The van der Waals surface area contributed by atoms with Crippen molar-refractivity contribution in [1.82, 2.24) is 25.3 Å². The van der Waals surface area contributed by atoms with E-state index in [1.165, 1.54) is 33.7 Å². The van der Waals surface area contributed by atoms with Gasteiger partial charge in [0.05, 0.1) is 0 Å². The highest BCUT2D eigenvalue weighted by atomic mass is 16.5. The Morgan fingerprint density at radius 2 is 2.18 bits per heavy atom. The Bertz CT molecular complexity index is 1340. The number of imidazole rings is 1. The van der Waals surface area contributed by atoms with Crippen LogP contribution >= 0.6 is 0 Å². The van der Waals surface area contributed by atoms with Gasteiger partial charge in [-0.1, -0.05) is 36.4 Å². The van der Waals surface area contributed by atoms with Crippen LogP contribution in [0, 0.1) is 6.92 Å². The van der Waals surface area contributed by atoms with Crippen LogP contribution in [0.2, 0.25) is 0 Å². The number of carbonyl (C=O) groups is 1. The first-order valence-electron chi connectivity index (χ1n) is 11.6. The Kier molecular flexibility index (Phi) is 6.29. The number of amides is 1. The number of para-hydroxylation sites is 1. The van der Waals surface area contributed by atoms with Crippen LogP contribution in [0.25, 0.3) is 17.0 Å². The van der Waals surface area contributed by atoms with Crippen molar-refractivity contribution in [3.05, 3.63) is 94.7 Å². The molecule has 0 bridgehead atoms. The predicted molar refractivity (Wildman–Crippen MR) is 132 cm³/mol. The molecule has 1 unspecified atom stereocenters. The molecule has 1 aliphatic carbocycles. The third-order valence-electron chi connectivity index (χ3n) is 6.66. The average molecular weight is 456 g/mol. The number of fused-ring (bicyclic) bond motifs is 2. The number of aromatic nitrogens is 3. The van der Waals surface area contributed by atoms with Gasteiger partial charge in [0.25, 0.3) is 5.91 Å². The van der Waals surface area contributed by atoms with E-state index in [0.717, 1.165) is 49.4 Å². The molecular weight excluding hydrogens is 426 g/mol. The highest BCUT2D eigenvalue weighted by molar-refractivity contribution is 5.90. The molecule has 0 radical (unpaired) electrons. The van der Waals surface area contributed by atoms with E-state index in [0.29, 0.717) is 6.04 Å². The van der Waals surface area contributed by atoms with Crippen LogP contribution in [0.4, 0.5) is 0 Å². The minimum absolute atomic E-state index is 0.322. The molecule has 4 N–H and O–H groups in total. The summed E-state index contributed by atoms with van der Waals surface area (Å²) in [6.45, 7) is 3.73. The second-order valence-electron chi connectivity index (χ2n) is 8.90. The molecule has 0 saturated heterocycles. The first-order valence-corrected chi connectivity index (χ1v) is 11.6. The number of nitrogens with one attached hydrogen (secondary N) is 3. The van der Waals surface area contributed by atoms with Gasteiger partial charge < -0.3 is 9.97 Å². The first kappa shape index (κ1) is 22.1.